The van der Waals surface area contributed by atoms with Crippen LogP contribution in [0, 0.1) is 10.1 Å². The highest BCUT2D eigenvalue weighted by atomic mass is 35.5. The number of hydrogen-bond acceptors (Lipinski definition) is 4. The van der Waals surface area contributed by atoms with Gasteiger partial charge in [-0.25, -0.2) is 0 Å². The van der Waals surface area contributed by atoms with Gasteiger partial charge in [-0.2, -0.15) is 0 Å². The Morgan fingerprint density at radius 1 is 1.00 bits per heavy atom. The van der Waals surface area contributed by atoms with Crippen LogP contribution in [0.25, 0.3) is 0 Å². The first kappa shape index (κ1) is 15.8. The molecule has 0 amide bonds. The molecule has 0 spiro atoms. The number of rotatable bonds is 4. The molecule has 1 aliphatic rings. The van der Waals surface area contributed by atoms with Crippen LogP contribution in [0.1, 0.15) is 5.56 Å². The van der Waals surface area contributed by atoms with Gasteiger partial charge in [0, 0.05) is 44.9 Å². The molecule has 0 bridgehead atoms. The predicted octanol–water partition coefficient (Wildman–Crippen LogP) is 3.57. The fraction of sp³-hybridized carbons (Fsp3) is 0.294. The summed E-state index contributed by atoms with van der Waals surface area (Å²) in [7, 11) is 0. The molecule has 0 saturated carbocycles. The molecule has 2 aromatic rings. The van der Waals surface area contributed by atoms with Gasteiger partial charge in [0.15, 0.2) is 0 Å². The minimum atomic E-state index is -0.369. The Morgan fingerprint density at radius 2 is 1.65 bits per heavy atom. The van der Waals surface area contributed by atoms with Gasteiger partial charge < -0.3 is 4.90 Å². The van der Waals surface area contributed by atoms with Crippen molar-refractivity contribution >= 4 is 23.0 Å². The molecule has 1 fully saturated rings. The molecular formula is C17H18ClN3O2. The molecule has 5 nitrogen and oxygen atoms in total. The molecule has 120 valence electrons. The minimum absolute atomic E-state index is 0.136. The zero-order valence-electron chi connectivity index (χ0n) is 12.7. The fourth-order valence-electron chi connectivity index (χ4n) is 2.84. The van der Waals surface area contributed by atoms with E-state index in [4.69, 9.17) is 11.6 Å². The molecule has 0 N–H and O–H groups in total. The van der Waals surface area contributed by atoms with Gasteiger partial charge in [0.1, 0.15) is 0 Å². The average molecular weight is 332 g/mol. The van der Waals surface area contributed by atoms with Gasteiger partial charge in [0.05, 0.1) is 15.6 Å². The van der Waals surface area contributed by atoms with Gasteiger partial charge in [0.2, 0.25) is 0 Å². The van der Waals surface area contributed by atoms with Crippen molar-refractivity contribution in [1.29, 1.82) is 0 Å². The molecule has 0 aromatic heterocycles. The third kappa shape index (κ3) is 3.81. The van der Waals surface area contributed by atoms with Crippen molar-refractivity contribution in [1.82, 2.24) is 4.90 Å². The van der Waals surface area contributed by atoms with Crippen LogP contribution in [-0.4, -0.2) is 36.0 Å². The first-order chi connectivity index (χ1) is 11.1. The first-order valence-corrected chi connectivity index (χ1v) is 7.96. The second-order valence-corrected chi connectivity index (χ2v) is 6.05. The molecule has 23 heavy (non-hydrogen) atoms. The molecule has 0 unspecified atom stereocenters. The minimum Gasteiger partial charge on any atom is -0.368 e. The van der Waals surface area contributed by atoms with E-state index in [1.165, 1.54) is 0 Å². The van der Waals surface area contributed by atoms with Crippen LogP contribution < -0.4 is 4.90 Å². The smallest absolute Gasteiger partial charge is 0.269 e. The van der Waals surface area contributed by atoms with Crippen molar-refractivity contribution in [3.05, 3.63) is 69.2 Å². The Hall–Kier alpha value is -2.11. The van der Waals surface area contributed by atoms with Crippen molar-refractivity contribution < 1.29 is 4.92 Å². The number of non-ortho nitro benzene ring substituents is 1. The maximum Gasteiger partial charge on any atom is 0.269 e. The van der Waals surface area contributed by atoms with Crippen molar-refractivity contribution in [3.8, 4) is 0 Å². The number of anilines is 1. The van der Waals surface area contributed by atoms with E-state index in [-0.39, 0.29) is 10.6 Å². The lowest BCUT2D eigenvalue weighted by atomic mass is 10.1. The summed E-state index contributed by atoms with van der Waals surface area (Å²) in [6.07, 6.45) is 0. The zero-order chi connectivity index (χ0) is 16.2. The highest BCUT2D eigenvalue weighted by molar-refractivity contribution is 6.33. The number of para-hydroxylation sites is 1. The molecule has 0 atom stereocenters. The van der Waals surface area contributed by atoms with E-state index >= 15 is 0 Å². The number of halogens is 1. The third-order valence-corrected chi connectivity index (χ3v) is 4.44. The number of nitro benzene ring substituents is 1. The Morgan fingerprint density at radius 3 is 2.26 bits per heavy atom. The lowest BCUT2D eigenvalue weighted by molar-refractivity contribution is -0.384. The molecular weight excluding hydrogens is 314 g/mol. The van der Waals surface area contributed by atoms with Crippen LogP contribution in [0.2, 0.25) is 5.02 Å². The lowest BCUT2D eigenvalue weighted by Gasteiger charge is -2.36. The predicted molar refractivity (Wildman–Crippen MR) is 92.0 cm³/mol. The quantitative estimate of drug-likeness (QED) is 0.635. The molecule has 0 aliphatic carbocycles. The van der Waals surface area contributed by atoms with Crippen LogP contribution in [0.3, 0.4) is 0 Å². The summed E-state index contributed by atoms with van der Waals surface area (Å²) in [6, 6.07) is 14.7. The van der Waals surface area contributed by atoms with Crippen LogP contribution in [-0.2, 0) is 6.54 Å². The SMILES string of the molecule is O=[N+]([O-])c1ccc(CN2CCN(c3ccccc3Cl)CC2)cc1. The average Bonchev–Trinajstić information content (AvgIpc) is 2.57. The summed E-state index contributed by atoms with van der Waals surface area (Å²) in [5.74, 6) is 0. The molecule has 1 aliphatic heterocycles. The molecule has 1 heterocycles. The largest absolute Gasteiger partial charge is 0.368 e. The van der Waals surface area contributed by atoms with Gasteiger partial charge >= 0.3 is 0 Å². The Kier molecular flexibility index (Phi) is 4.79. The van der Waals surface area contributed by atoms with Gasteiger partial charge in [-0.1, -0.05) is 35.9 Å². The maximum absolute atomic E-state index is 10.7. The fourth-order valence-corrected chi connectivity index (χ4v) is 3.09. The Balaban J connectivity index is 1.57. The third-order valence-electron chi connectivity index (χ3n) is 4.12. The van der Waals surface area contributed by atoms with Crippen molar-refractivity contribution in [2.24, 2.45) is 0 Å². The van der Waals surface area contributed by atoms with E-state index in [0.29, 0.717) is 0 Å². The van der Waals surface area contributed by atoms with E-state index in [0.717, 1.165) is 49.0 Å². The van der Waals surface area contributed by atoms with Gasteiger partial charge in [0.25, 0.3) is 5.69 Å². The standard InChI is InChI=1S/C17H18ClN3O2/c18-16-3-1-2-4-17(16)20-11-9-19(10-12-20)13-14-5-7-15(8-6-14)21(22)23/h1-8H,9-13H2. The summed E-state index contributed by atoms with van der Waals surface area (Å²) in [5, 5.41) is 11.5. The normalized spacial score (nSPS) is 15.6. The molecule has 3 rings (SSSR count). The first-order valence-electron chi connectivity index (χ1n) is 7.58. The van der Waals surface area contributed by atoms with Gasteiger partial charge in [-0.15, -0.1) is 0 Å². The summed E-state index contributed by atoms with van der Waals surface area (Å²) in [5.41, 5.74) is 2.32. The molecule has 1 saturated heterocycles. The van der Waals surface area contributed by atoms with Gasteiger partial charge in [-0.05, 0) is 17.7 Å². The zero-order valence-corrected chi connectivity index (χ0v) is 13.4. The summed E-state index contributed by atoms with van der Waals surface area (Å²) < 4.78 is 0. The van der Waals surface area contributed by atoms with E-state index in [1.54, 1.807) is 12.1 Å². The van der Waals surface area contributed by atoms with Crippen LogP contribution in [0.15, 0.2) is 48.5 Å². The van der Waals surface area contributed by atoms with Crippen molar-refractivity contribution in [2.75, 3.05) is 31.1 Å². The van der Waals surface area contributed by atoms with Crippen molar-refractivity contribution in [3.63, 3.8) is 0 Å². The number of nitro groups is 1. The molecule has 6 heteroatoms. The topological polar surface area (TPSA) is 49.6 Å². The van der Waals surface area contributed by atoms with Crippen LogP contribution in [0.5, 0.6) is 0 Å². The summed E-state index contributed by atoms with van der Waals surface area (Å²) >= 11 is 6.25. The van der Waals surface area contributed by atoms with Crippen LogP contribution in [0.4, 0.5) is 11.4 Å². The summed E-state index contributed by atoms with van der Waals surface area (Å²) in [6.45, 7) is 4.56. The van der Waals surface area contributed by atoms with Gasteiger partial charge in [-0.3, -0.25) is 15.0 Å². The Bertz CT molecular complexity index is 682. The van der Waals surface area contributed by atoms with E-state index in [9.17, 15) is 10.1 Å². The lowest BCUT2D eigenvalue weighted by Crippen LogP contribution is -2.46. The molecule has 2 aromatic carbocycles. The Labute approximate surface area is 140 Å². The number of benzene rings is 2. The van der Waals surface area contributed by atoms with Crippen molar-refractivity contribution in [2.45, 2.75) is 6.54 Å². The van der Waals surface area contributed by atoms with E-state index < -0.39 is 0 Å². The number of piperazine rings is 1. The molecule has 0 radical (unpaired) electrons. The highest BCUT2D eigenvalue weighted by Crippen LogP contribution is 2.26. The monoisotopic (exact) mass is 331 g/mol. The maximum atomic E-state index is 10.7. The second-order valence-electron chi connectivity index (χ2n) is 5.64. The van der Waals surface area contributed by atoms with E-state index in [2.05, 4.69) is 9.80 Å². The van der Waals surface area contributed by atoms with E-state index in [1.807, 2.05) is 36.4 Å². The summed E-state index contributed by atoms with van der Waals surface area (Å²) in [4.78, 5) is 15.0. The highest BCUT2D eigenvalue weighted by Gasteiger charge is 2.19. The second kappa shape index (κ2) is 6.98. The number of nitrogens with zero attached hydrogens (tertiary/aromatic N) is 3. The van der Waals surface area contributed by atoms with Crippen LogP contribution >= 0.6 is 11.6 Å². The number of hydrogen-bond donors (Lipinski definition) is 0.